The second-order valence-electron chi connectivity index (χ2n) is 4.35. The lowest BCUT2D eigenvalue weighted by atomic mass is 10.1. The molecule has 2 rings (SSSR count). The predicted molar refractivity (Wildman–Crippen MR) is 68.5 cm³/mol. The van der Waals surface area contributed by atoms with Crippen molar-refractivity contribution in [3.63, 3.8) is 0 Å². The van der Waals surface area contributed by atoms with Crippen LogP contribution in [0.1, 0.15) is 36.0 Å². The maximum absolute atomic E-state index is 11.9. The van der Waals surface area contributed by atoms with E-state index in [0.29, 0.717) is 16.5 Å². The van der Waals surface area contributed by atoms with Gasteiger partial charge in [-0.05, 0) is 24.8 Å². The van der Waals surface area contributed by atoms with Gasteiger partial charge in [0.1, 0.15) is 5.15 Å². The van der Waals surface area contributed by atoms with Gasteiger partial charge in [-0.15, -0.1) is 0 Å². The largest absolute Gasteiger partial charge is 0.352 e. The Balaban J connectivity index is 1.96. The average Bonchev–Trinajstić information content (AvgIpc) is 2.82. The summed E-state index contributed by atoms with van der Waals surface area (Å²) in [6.07, 6.45) is 6.33. The standard InChI is InChI=1S/C12H14Cl2N2O/c13-10-7-15-11(14)5-9(10)12(17)16-6-8-3-1-2-4-8/h5,7-8H,1-4,6H2,(H,16,17). The van der Waals surface area contributed by atoms with Gasteiger partial charge in [0.25, 0.3) is 5.91 Å². The Morgan fingerprint density at radius 3 is 2.82 bits per heavy atom. The third kappa shape index (κ3) is 3.33. The van der Waals surface area contributed by atoms with Crippen LogP contribution in [-0.2, 0) is 0 Å². The fourth-order valence-electron chi connectivity index (χ4n) is 2.13. The van der Waals surface area contributed by atoms with Gasteiger partial charge in [0.05, 0.1) is 10.6 Å². The van der Waals surface area contributed by atoms with Crippen LogP contribution in [0, 0.1) is 5.92 Å². The Hall–Kier alpha value is -0.800. The zero-order valence-corrected chi connectivity index (χ0v) is 10.9. The molecule has 1 heterocycles. The lowest BCUT2D eigenvalue weighted by Crippen LogP contribution is -2.28. The van der Waals surface area contributed by atoms with E-state index in [-0.39, 0.29) is 11.1 Å². The molecule has 1 saturated carbocycles. The minimum Gasteiger partial charge on any atom is -0.352 e. The first-order chi connectivity index (χ1) is 8.16. The molecule has 1 aliphatic carbocycles. The summed E-state index contributed by atoms with van der Waals surface area (Å²) in [4.78, 5) is 15.7. The number of hydrogen-bond acceptors (Lipinski definition) is 2. The summed E-state index contributed by atoms with van der Waals surface area (Å²) in [6, 6.07) is 1.49. The number of rotatable bonds is 3. The molecular weight excluding hydrogens is 259 g/mol. The molecule has 0 atom stereocenters. The molecule has 1 fully saturated rings. The number of carbonyl (C=O) groups is 1. The third-order valence-corrected chi connectivity index (χ3v) is 3.60. The Morgan fingerprint density at radius 2 is 2.12 bits per heavy atom. The Morgan fingerprint density at radius 1 is 1.41 bits per heavy atom. The summed E-state index contributed by atoms with van der Waals surface area (Å²) in [6.45, 7) is 0.717. The lowest BCUT2D eigenvalue weighted by Gasteiger charge is -2.11. The zero-order chi connectivity index (χ0) is 12.3. The van der Waals surface area contributed by atoms with Gasteiger partial charge in [0.15, 0.2) is 0 Å². The van der Waals surface area contributed by atoms with Crippen LogP contribution in [0.15, 0.2) is 12.3 Å². The van der Waals surface area contributed by atoms with E-state index in [1.165, 1.54) is 37.9 Å². The molecule has 0 bridgehead atoms. The van der Waals surface area contributed by atoms with E-state index in [0.717, 1.165) is 6.54 Å². The normalized spacial score (nSPS) is 16.1. The fraction of sp³-hybridized carbons (Fsp3) is 0.500. The van der Waals surface area contributed by atoms with Crippen molar-refractivity contribution in [1.82, 2.24) is 10.3 Å². The van der Waals surface area contributed by atoms with E-state index < -0.39 is 0 Å². The Bertz CT molecular complexity index is 417. The van der Waals surface area contributed by atoms with Crippen LogP contribution in [0.3, 0.4) is 0 Å². The highest BCUT2D eigenvalue weighted by atomic mass is 35.5. The van der Waals surface area contributed by atoms with Gasteiger partial charge in [-0.1, -0.05) is 36.0 Å². The number of amides is 1. The number of halogens is 2. The first kappa shape index (κ1) is 12.7. The van der Waals surface area contributed by atoms with Crippen LogP contribution < -0.4 is 5.32 Å². The molecule has 1 aromatic rings. The number of nitrogens with zero attached hydrogens (tertiary/aromatic N) is 1. The average molecular weight is 273 g/mol. The van der Waals surface area contributed by atoms with Crippen molar-refractivity contribution in [2.75, 3.05) is 6.54 Å². The molecule has 3 nitrogen and oxygen atoms in total. The number of nitrogens with one attached hydrogen (secondary N) is 1. The predicted octanol–water partition coefficient (Wildman–Crippen LogP) is 3.31. The van der Waals surface area contributed by atoms with Gasteiger partial charge in [0.2, 0.25) is 0 Å². The molecular formula is C12H14Cl2N2O. The van der Waals surface area contributed by atoms with E-state index in [9.17, 15) is 4.79 Å². The molecule has 0 aromatic carbocycles. The molecule has 0 unspecified atom stereocenters. The topological polar surface area (TPSA) is 42.0 Å². The van der Waals surface area contributed by atoms with E-state index in [1.807, 2.05) is 0 Å². The van der Waals surface area contributed by atoms with Crippen LogP contribution >= 0.6 is 23.2 Å². The fourth-order valence-corrected chi connectivity index (χ4v) is 2.48. The summed E-state index contributed by atoms with van der Waals surface area (Å²) < 4.78 is 0. The summed E-state index contributed by atoms with van der Waals surface area (Å²) >= 11 is 11.6. The summed E-state index contributed by atoms with van der Waals surface area (Å²) in [5, 5.41) is 3.51. The van der Waals surface area contributed by atoms with Gasteiger partial charge < -0.3 is 5.32 Å². The first-order valence-electron chi connectivity index (χ1n) is 5.76. The second kappa shape index (κ2) is 5.69. The minimum absolute atomic E-state index is 0.175. The molecule has 1 N–H and O–H groups in total. The van der Waals surface area contributed by atoms with E-state index in [2.05, 4.69) is 10.3 Å². The van der Waals surface area contributed by atoms with E-state index in [4.69, 9.17) is 23.2 Å². The molecule has 92 valence electrons. The lowest BCUT2D eigenvalue weighted by molar-refractivity contribution is 0.0947. The monoisotopic (exact) mass is 272 g/mol. The molecule has 5 heteroatoms. The number of pyridine rings is 1. The minimum atomic E-state index is -0.175. The highest BCUT2D eigenvalue weighted by Crippen LogP contribution is 2.24. The first-order valence-corrected chi connectivity index (χ1v) is 6.51. The molecule has 0 saturated heterocycles. The molecule has 0 spiro atoms. The zero-order valence-electron chi connectivity index (χ0n) is 9.38. The summed E-state index contributed by atoms with van der Waals surface area (Å²) in [7, 11) is 0. The third-order valence-electron chi connectivity index (χ3n) is 3.09. The van der Waals surface area contributed by atoms with E-state index in [1.54, 1.807) is 0 Å². The van der Waals surface area contributed by atoms with Crippen LogP contribution in [-0.4, -0.2) is 17.4 Å². The van der Waals surface area contributed by atoms with Crippen molar-refractivity contribution >= 4 is 29.1 Å². The second-order valence-corrected chi connectivity index (χ2v) is 5.14. The van der Waals surface area contributed by atoms with Crippen molar-refractivity contribution in [2.45, 2.75) is 25.7 Å². The number of aromatic nitrogens is 1. The van der Waals surface area contributed by atoms with Crippen LogP contribution in [0.4, 0.5) is 0 Å². The molecule has 1 aliphatic rings. The molecule has 1 aromatic heterocycles. The molecule has 0 radical (unpaired) electrons. The molecule has 0 aliphatic heterocycles. The van der Waals surface area contributed by atoms with Crippen LogP contribution in [0.5, 0.6) is 0 Å². The van der Waals surface area contributed by atoms with Gasteiger partial charge in [-0.3, -0.25) is 4.79 Å². The SMILES string of the molecule is O=C(NCC1CCCC1)c1cc(Cl)ncc1Cl. The van der Waals surface area contributed by atoms with Gasteiger partial charge in [-0.2, -0.15) is 0 Å². The van der Waals surface area contributed by atoms with Crippen LogP contribution in [0.25, 0.3) is 0 Å². The maximum atomic E-state index is 11.9. The van der Waals surface area contributed by atoms with E-state index >= 15 is 0 Å². The van der Waals surface area contributed by atoms with Crippen LogP contribution in [0.2, 0.25) is 10.2 Å². The van der Waals surface area contributed by atoms with Gasteiger partial charge >= 0.3 is 0 Å². The van der Waals surface area contributed by atoms with Crippen molar-refractivity contribution in [3.8, 4) is 0 Å². The van der Waals surface area contributed by atoms with Crippen molar-refractivity contribution in [1.29, 1.82) is 0 Å². The highest BCUT2D eigenvalue weighted by Gasteiger charge is 2.17. The van der Waals surface area contributed by atoms with Gasteiger partial charge in [0, 0.05) is 12.7 Å². The number of hydrogen-bond donors (Lipinski definition) is 1. The summed E-state index contributed by atoms with van der Waals surface area (Å²) in [5.74, 6) is 0.432. The Kier molecular flexibility index (Phi) is 4.24. The maximum Gasteiger partial charge on any atom is 0.252 e. The molecule has 17 heavy (non-hydrogen) atoms. The van der Waals surface area contributed by atoms with Gasteiger partial charge in [-0.25, -0.2) is 4.98 Å². The van der Waals surface area contributed by atoms with Crippen molar-refractivity contribution in [3.05, 3.63) is 28.0 Å². The highest BCUT2D eigenvalue weighted by molar-refractivity contribution is 6.35. The molecule has 1 amide bonds. The summed E-state index contributed by atoms with van der Waals surface area (Å²) in [5.41, 5.74) is 0.393. The Labute approximate surface area is 111 Å². The smallest absolute Gasteiger partial charge is 0.252 e. The van der Waals surface area contributed by atoms with Crippen molar-refractivity contribution < 1.29 is 4.79 Å². The number of carbonyl (C=O) groups excluding carboxylic acids is 1. The van der Waals surface area contributed by atoms with Crippen molar-refractivity contribution in [2.24, 2.45) is 5.92 Å². The quantitative estimate of drug-likeness (QED) is 0.858.